The molecule has 12 heavy (non-hydrogen) atoms. The second-order valence-electron chi connectivity index (χ2n) is 2.66. The van der Waals surface area contributed by atoms with Crippen molar-refractivity contribution in [3.05, 3.63) is 11.9 Å². The Bertz CT molecular complexity index is 166. The van der Waals surface area contributed by atoms with Gasteiger partial charge in [-0.25, -0.2) is 8.78 Å². The average Bonchev–Trinajstić information content (AvgIpc) is 2.17. The van der Waals surface area contributed by atoms with Gasteiger partial charge >= 0.3 is 0 Å². The van der Waals surface area contributed by atoms with E-state index < -0.39 is 12.1 Å². The van der Waals surface area contributed by atoms with Crippen LogP contribution in [-0.4, -0.2) is 37.5 Å². The summed E-state index contributed by atoms with van der Waals surface area (Å²) < 4.78 is 30.8. The molecule has 0 N–H and O–H groups in total. The molecule has 1 aliphatic rings. The van der Waals surface area contributed by atoms with Gasteiger partial charge in [-0.2, -0.15) is 0 Å². The summed E-state index contributed by atoms with van der Waals surface area (Å²) in [5, 5.41) is 0. The first-order chi connectivity index (χ1) is 5.75. The zero-order valence-corrected chi connectivity index (χ0v) is 7.09. The first-order valence-corrected chi connectivity index (χ1v) is 4.03. The number of ether oxygens (including phenoxy) is 1. The monoisotopic (exact) mass is 177 g/mol. The van der Waals surface area contributed by atoms with Crippen LogP contribution in [0.25, 0.3) is 0 Å². The molecule has 1 heterocycles. The van der Waals surface area contributed by atoms with Gasteiger partial charge in [0.25, 0.3) is 0 Å². The molecule has 1 fully saturated rings. The Labute approximate surface area is 70.8 Å². The summed E-state index contributed by atoms with van der Waals surface area (Å²) in [5.41, 5.74) is 0. The number of hydrogen-bond donors (Lipinski definition) is 0. The molecule has 1 aliphatic heterocycles. The number of allylic oxidation sites excluding steroid dienone is 1. The van der Waals surface area contributed by atoms with Gasteiger partial charge in [-0.1, -0.05) is 6.08 Å². The molecule has 0 radical (unpaired) electrons. The average molecular weight is 177 g/mol. The van der Waals surface area contributed by atoms with Crippen LogP contribution < -0.4 is 0 Å². The highest BCUT2D eigenvalue weighted by Crippen LogP contribution is 2.14. The number of nitrogens with zero attached hydrogens (tertiary/aromatic N) is 1. The lowest BCUT2D eigenvalue weighted by Gasteiger charge is -2.28. The van der Waals surface area contributed by atoms with Crippen molar-refractivity contribution < 1.29 is 13.5 Å². The third-order valence-electron chi connectivity index (χ3n) is 1.87. The Morgan fingerprint density at radius 2 is 2.08 bits per heavy atom. The molecule has 0 aromatic carbocycles. The minimum absolute atomic E-state index is 0.461. The van der Waals surface area contributed by atoms with Gasteiger partial charge in [-0.05, 0) is 6.92 Å². The Balaban J connectivity index is 2.44. The van der Waals surface area contributed by atoms with E-state index in [4.69, 9.17) is 4.74 Å². The van der Waals surface area contributed by atoms with Crippen molar-refractivity contribution in [3.63, 3.8) is 0 Å². The third-order valence-corrected chi connectivity index (χ3v) is 1.87. The summed E-state index contributed by atoms with van der Waals surface area (Å²) in [6.45, 7) is 3.38. The largest absolute Gasteiger partial charge is 0.379 e. The van der Waals surface area contributed by atoms with Gasteiger partial charge in [-0.3, -0.25) is 4.90 Å². The van der Waals surface area contributed by atoms with Crippen molar-refractivity contribution in [2.24, 2.45) is 0 Å². The fraction of sp³-hybridized carbons (Fsp3) is 0.750. The van der Waals surface area contributed by atoms with Crippen molar-refractivity contribution in [2.45, 2.75) is 13.2 Å². The van der Waals surface area contributed by atoms with Crippen molar-refractivity contribution >= 4 is 0 Å². The van der Waals surface area contributed by atoms with E-state index in [2.05, 4.69) is 0 Å². The molecule has 0 amide bonds. The van der Waals surface area contributed by atoms with Crippen molar-refractivity contribution in [3.8, 4) is 0 Å². The van der Waals surface area contributed by atoms with Gasteiger partial charge in [0.15, 0.2) is 0 Å². The topological polar surface area (TPSA) is 12.5 Å². The molecule has 1 saturated heterocycles. The lowest BCUT2D eigenvalue weighted by atomic mass is 10.3. The number of morpholine rings is 1. The van der Waals surface area contributed by atoms with Crippen LogP contribution in [0.3, 0.4) is 0 Å². The lowest BCUT2D eigenvalue weighted by molar-refractivity contribution is -0.0142. The number of alkyl halides is 1. The van der Waals surface area contributed by atoms with Crippen LogP contribution in [0.1, 0.15) is 6.92 Å². The molecule has 0 aromatic heterocycles. The number of hydrogen-bond acceptors (Lipinski definition) is 2. The van der Waals surface area contributed by atoms with E-state index in [-0.39, 0.29) is 0 Å². The number of halogens is 2. The fourth-order valence-electron chi connectivity index (χ4n) is 1.12. The fourth-order valence-corrected chi connectivity index (χ4v) is 1.12. The van der Waals surface area contributed by atoms with Crippen LogP contribution in [0.4, 0.5) is 8.78 Å². The van der Waals surface area contributed by atoms with E-state index in [1.54, 1.807) is 0 Å². The summed E-state index contributed by atoms with van der Waals surface area (Å²) in [4.78, 5) is 1.43. The molecule has 2 nitrogen and oxygen atoms in total. The van der Waals surface area contributed by atoms with Crippen molar-refractivity contribution in [2.75, 3.05) is 26.3 Å². The first-order valence-electron chi connectivity index (χ1n) is 4.03. The lowest BCUT2D eigenvalue weighted by Crippen LogP contribution is -2.41. The molecular formula is C8H13F2NO. The van der Waals surface area contributed by atoms with Gasteiger partial charge in [-0.15, -0.1) is 0 Å². The van der Waals surface area contributed by atoms with E-state index in [0.717, 1.165) is 6.08 Å². The maximum absolute atomic E-state index is 13.1. The predicted molar refractivity (Wildman–Crippen MR) is 42.2 cm³/mol. The van der Waals surface area contributed by atoms with Crippen LogP contribution in [-0.2, 0) is 4.74 Å². The molecule has 70 valence electrons. The predicted octanol–water partition coefficient (Wildman–Crippen LogP) is 1.49. The molecule has 1 unspecified atom stereocenters. The second-order valence-corrected chi connectivity index (χ2v) is 2.66. The summed E-state index contributed by atoms with van der Waals surface area (Å²) in [6, 6.07) is 0. The van der Waals surface area contributed by atoms with Gasteiger partial charge in [0, 0.05) is 13.1 Å². The molecule has 0 spiro atoms. The van der Waals surface area contributed by atoms with Gasteiger partial charge in [0.05, 0.1) is 13.2 Å². The summed E-state index contributed by atoms with van der Waals surface area (Å²) in [7, 11) is 0. The summed E-state index contributed by atoms with van der Waals surface area (Å²) in [5.74, 6) is -0.711. The highest BCUT2D eigenvalue weighted by Gasteiger charge is 2.23. The van der Waals surface area contributed by atoms with Crippen molar-refractivity contribution in [1.29, 1.82) is 0 Å². The molecule has 4 heteroatoms. The van der Waals surface area contributed by atoms with Crippen LogP contribution in [0.2, 0.25) is 0 Å². The minimum atomic E-state index is -1.58. The molecule has 0 bridgehead atoms. The van der Waals surface area contributed by atoms with E-state index in [9.17, 15) is 8.78 Å². The Kier molecular flexibility index (Phi) is 3.62. The molecule has 0 aliphatic carbocycles. The highest BCUT2D eigenvalue weighted by molar-refractivity contribution is 4.96. The van der Waals surface area contributed by atoms with Gasteiger partial charge in [0.2, 0.25) is 6.30 Å². The van der Waals surface area contributed by atoms with Crippen LogP contribution in [0.15, 0.2) is 11.9 Å². The van der Waals surface area contributed by atoms with Crippen LogP contribution >= 0.6 is 0 Å². The zero-order chi connectivity index (χ0) is 8.97. The van der Waals surface area contributed by atoms with Crippen molar-refractivity contribution in [1.82, 2.24) is 4.90 Å². The Hall–Kier alpha value is -0.480. The summed E-state index contributed by atoms with van der Waals surface area (Å²) >= 11 is 0. The smallest absolute Gasteiger partial charge is 0.205 e. The third kappa shape index (κ3) is 2.25. The minimum Gasteiger partial charge on any atom is -0.379 e. The molecule has 0 saturated carbocycles. The van der Waals surface area contributed by atoms with Crippen LogP contribution in [0, 0.1) is 0 Å². The quantitative estimate of drug-likeness (QED) is 0.592. The normalized spacial score (nSPS) is 24.1. The first kappa shape index (κ1) is 9.61. The molecule has 0 aromatic rings. The summed E-state index contributed by atoms with van der Waals surface area (Å²) in [6.07, 6.45) is -0.431. The SMILES string of the molecule is C/C=C(\F)C(F)N1CCOCC1. The standard InChI is InChI=1S/C8H13F2NO/c1-2-7(9)8(10)11-3-5-12-6-4-11/h2,8H,3-6H2,1H3/b7-2-. The Morgan fingerprint density at radius 3 is 2.58 bits per heavy atom. The highest BCUT2D eigenvalue weighted by atomic mass is 19.2. The molecule has 1 atom stereocenters. The van der Waals surface area contributed by atoms with E-state index in [0.29, 0.717) is 26.3 Å². The molecule has 1 rings (SSSR count). The van der Waals surface area contributed by atoms with Gasteiger partial charge in [0.1, 0.15) is 5.83 Å². The van der Waals surface area contributed by atoms with E-state index in [1.807, 2.05) is 0 Å². The van der Waals surface area contributed by atoms with Gasteiger partial charge < -0.3 is 4.74 Å². The molecular weight excluding hydrogens is 164 g/mol. The maximum atomic E-state index is 13.1. The van der Waals surface area contributed by atoms with Crippen LogP contribution in [0.5, 0.6) is 0 Å². The maximum Gasteiger partial charge on any atom is 0.205 e. The van der Waals surface area contributed by atoms with E-state index >= 15 is 0 Å². The Morgan fingerprint density at radius 1 is 1.50 bits per heavy atom. The zero-order valence-electron chi connectivity index (χ0n) is 7.09. The van der Waals surface area contributed by atoms with E-state index in [1.165, 1.54) is 11.8 Å². The number of rotatable bonds is 2. The second kappa shape index (κ2) is 4.52.